The first-order valence-corrected chi connectivity index (χ1v) is 11.7. The second-order valence-corrected chi connectivity index (χ2v) is 9.27. The Hall–Kier alpha value is -3.48. The van der Waals surface area contributed by atoms with E-state index >= 15 is 0 Å². The molecular weight excluding hydrogens is 446 g/mol. The van der Waals surface area contributed by atoms with Crippen LogP contribution < -0.4 is 10.6 Å². The number of anilines is 1. The second kappa shape index (κ2) is 9.41. The number of benzene rings is 2. The molecule has 5 rings (SSSR count). The highest BCUT2D eigenvalue weighted by molar-refractivity contribution is 6.30. The predicted octanol–water partition coefficient (Wildman–Crippen LogP) is 5.14. The minimum Gasteiger partial charge on any atom is -0.309 e. The van der Waals surface area contributed by atoms with Crippen LogP contribution in [0.25, 0.3) is 11.1 Å². The van der Waals surface area contributed by atoms with Crippen molar-refractivity contribution < 1.29 is 4.79 Å². The molecule has 1 unspecified atom stereocenters. The summed E-state index contributed by atoms with van der Waals surface area (Å²) in [4.78, 5) is 17.8. The summed E-state index contributed by atoms with van der Waals surface area (Å²) in [5.41, 5.74) is 4.14. The number of rotatable bonds is 8. The molecule has 0 aliphatic heterocycles. The maximum atomic E-state index is 13.3. The average Bonchev–Trinajstić information content (AvgIpc) is 3.52. The van der Waals surface area contributed by atoms with E-state index in [0.717, 1.165) is 34.6 Å². The molecule has 2 aromatic carbocycles. The van der Waals surface area contributed by atoms with Crippen LogP contribution in [0.15, 0.2) is 85.3 Å². The molecule has 2 N–H and O–H groups in total. The molecular formula is C27H26ClN5O. The molecule has 6 nitrogen and oxygen atoms in total. The van der Waals surface area contributed by atoms with Gasteiger partial charge in [0.2, 0.25) is 5.91 Å². The number of hydrogen-bond acceptors (Lipinski definition) is 4. The van der Waals surface area contributed by atoms with E-state index in [9.17, 15) is 4.79 Å². The first-order chi connectivity index (χ1) is 16.5. The standard InChI is InChI=1S/C27H26ClN5O/c1-33-17-21(16-31-33)20-7-12-24(29-15-20)32-26(34)25(19-5-3-2-4-6-19)30-18-27(13-14-27)22-8-10-23(28)11-9-22/h2-12,15-17,25,30H,13-14,18H2,1H3,(H,29,32,34). The monoisotopic (exact) mass is 471 g/mol. The first kappa shape index (κ1) is 22.3. The Labute approximate surface area is 204 Å². The summed E-state index contributed by atoms with van der Waals surface area (Å²) in [6, 6.07) is 21.1. The molecule has 1 aliphatic rings. The van der Waals surface area contributed by atoms with Crippen molar-refractivity contribution >= 4 is 23.3 Å². The van der Waals surface area contributed by atoms with E-state index in [1.165, 1.54) is 5.56 Å². The Morgan fingerprint density at radius 3 is 2.41 bits per heavy atom. The summed E-state index contributed by atoms with van der Waals surface area (Å²) in [5.74, 6) is 0.374. The van der Waals surface area contributed by atoms with E-state index in [1.807, 2.05) is 67.8 Å². The fourth-order valence-electron chi connectivity index (χ4n) is 4.23. The first-order valence-electron chi connectivity index (χ1n) is 11.3. The van der Waals surface area contributed by atoms with Gasteiger partial charge in [0, 0.05) is 47.6 Å². The molecule has 1 amide bonds. The van der Waals surface area contributed by atoms with Gasteiger partial charge in [-0.1, -0.05) is 54.1 Å². The third kappa shape index (κ3) is 4.88. The Bertz CT molecular complexity index is 1260. The van der Waals surface area contributed by atoms with E-state index in [1.54, 1.807) is 17.1 Å². The smallest absolute Gasteiger partial charge is 0.247 e. The summed E-state index contributed by atoms with van der Waals surface area (Å²) < 4.78 is 1.75. The molecule has 1 saturated carbocycles. The number of carbonyl (C=O) groups excluding carboxylic acids is 1. The number of amides is 1. The summed E-state index contributed by atoms with van der Waals surface area (Å²) in [7, 11) is 1.88. The number of aromatic nitrogens is 3. The Morgan fingerprint density at radius 1 is 1.03 bits per heavy atom. The summed E-state index contributed by atoms with van der Waals surface area (Å²) in [6.07, 6.45) is 7.64. The van der Waals surface area contributed by atoms with Gasteiger partial charge in [0.15, 0.2) is 0 Å². The average molecular weight is 472 g/mol. The van der Waals surface area contributed by atoms with Crippen LogP contribution in [0.5, 0.6) is 0 Å². The number of hydrogen-bond donors (Lipinski definition) is 2. The Balaban J connectivity index is 1.31. The molecule has 34 heavy (non-hydrogen) atoms. The van der Waals surface area contributed by atoms with Gasteiger partial charge in [-0.3, -0.25) is 9.48 Å². The zero-order valence-corrected chi connectivity index (χ0v) is 19.7. The van der Waals surface area contributed by atoms with Crippen molar-refractivity contribution in [1.29, 1.82) is 0 Å². The zero-order valence-electron chi connectivity index (χ0n) is 18.9. The van der Waals surface area contributed by atoms with Gasteiger partial charge in [-0.05, 0) is 48.2 Å². The molecule has 1 aliphatic carbocycles. The van der Waals surface area contributed by atoms with Crippen LogP contribution in [0.1, 0.15) is 30.0 Å². The predicted molar refractivity (Wildman–Crippen MR) is 135 cm³/mol. The molecule has 2 aromatic heterocycles. The molecule has 0 saturated heterocycles. The van der Waals surface area contributed by atoms with E-state index in [0.29, 0.717) is 12.4 Å². The van der Waals surface area contributed by atoms with Crippen molar-refractivity contribution in [3.05, 3.63) is 101 Å². The van der Waals surface area contributed by atoms with Gasteiger partial charge in [-0.15, -0.1) is 0 Å². The topological polar surface area (TPSA) is 71.8 Å². The summed E-state index contributed by atoms with van der Waals surface area (Å²) in [5, 5.41) is 11.4. The van der Waals surface area contributed by atoms with Crippen molar-refractivity contribution in [2.45, 2.75) is 24.3 Å². The van der Waals surface area contributed by atoms with Crippen molar-refractivity contribution in [2.24, 2.45) is 7.05 Å². The summed E-state index contributed by atoms with van der Waals surface area (Å²) in [6.45, 7) is 0.703. The van der Waals surface area contributed by atoms with Crippen LogP contribution in [0, 0.1) is 0 Å². The minimum atomic E-state index is -0.495. The highest BCUT2D eigenvalue weighted by atomic mass is 35.5. The number of pyridine rings is 1. The largest absolute Gasteiger partial charge is 0.309 e. The molecule has 0 spiro atoms. The van der Waals surface area contributed by atoms with Gasteiger partial charge < -0.3 is 10.6 Å². The van der Waals surface area contributed by atoms with Crippen LogP contribution in [0.4, 0.5) is 5.82 Å². The van der Waals surface area contributed by atoms with Gasteiger partial charge in [-0.2, -0.15) is 5.10 Å². The maximum absolute atomic E-state index is 13.3. The van der Waals surface area contributed by atoms with Crippen molar-refractivity contribution in [3.63, 3.8) is 0 Å². The van der Waals surface area contributed by atoms with Crippen LogP contribution in [-0.4, -0.2) is 27.2 Å². The van der Waals surface area contributed by atoms with Crippen LogP contribution >= 0.6 is 11.6 Å². The van der Waals surface area contributed by atoms with Crippen molar-refractivity contribution in [2.75, 3.05) is 11.9 Å². The second-order valence-electron chi connectivity index (χ2n) is 8.84. The number of halogens is 1. The molecule has 1 fully saturated rings. The highest BCUT2D eigenvalue weighted by Gasteiger charge is 2.44. The highest BCUT2D eigenvalue weighted by Crippen LogP contribution is 2.48. The molecule has 7 heteroatoms. The lowest BCUT2D eigenvalue weighted by molar-refractivity contribution is -0.118. The Kier molecular flexibility index (Phi) is 6.18. The van der Waals surface area contributed by atoms with Crippen molar-refractivity contribution in [3.8, 4) is 11.1 Å². The summed E-state index contributed by atoms with van der Waals surface area (Å²) >= 11 is 6.08. The fourth-order valence-corrected chi connectivity index (χ4v) is 4.36. The SMILES string of the molecule is Cn1cc(-c2ccc(NC(=O)C(NCC3(c4ccc(Cl)cc4)CC3)c3ccccc3)nc2)cn1. The van der Waals surface area contributed by atoms with Gasteiger partial charge in [-0.25, -0.2) is 4.98 Å². The quantitative estimate of drug-likeness (QED) is 0.373. The number of carbonyl (C=O) groups is 1. The van der Waals surface area contributed by atoms with E-state index in [4.69, 9.17) is 11.6 Å². The Morgan fingerprint density at radius 2 is 1.79 bits per heavy atom. The van der Waals surface area contributed by atoms with Crippen LogP contribution in [-0.2, 0) is 17.3 Å². The van der Waals surface area contributed by atoms with Crippen LogP contribution in [0.2, 0.25) is 5.02 Å². The van der Waals surface area contributed by atoms with Crippen molar-refractivity contribution in [1.82, 2.24) is 20.1 Å². The minimum absolute atomic E-state index is 0.0432. The van der Waals surface area contributed by atoms with Gasteiger partial charge in [0.05, 0.1) is 6.20 Å². The molecule has 2 heterocycles. The van der Waals surface area contributed by atoms with E-state index < -0.39 is 6.04 Å². The lowest BCUT2D eigenvalue weighted by Gasteiger charge is -2.23. The molecule has 172 valence electrons. The molecule has 0 bridgehead atoms. The molecule has 4 aromatic rings. The zero-order chi connectivity index (χ0) is 23.5. The van der Waals surface area contributed by atoms with E-state index in [2.05, 4.69) is 32.8 Å². The molecule has 0 radical (unpaired) electrons. The third-order valence-electron chi connectivity index (χ3n) is 6.40. The van der Waals surface area contributed by atoms with E-state index in [-0.39, 0.29) is 11.3 Å². The third-order valence-corrected chi connectivity index (χ3v) is 6.65. The van der Waals surface area contributed by atoms with Gasteiger partial charge >= 0.3 is 0 Å². The number of aryl methyl sites for hydroxylation is 1. The fraction of sp³-hybridized carbons (Fsp3) is 0.222. The van der Waals surface area contributed by atoms with Gasteiger partial charge in [0.1, 0.15) is 11.9 Å². The van der Waals surface area contributed by atoms with Crippen LogP contribution in [0.3, 0.4) is 0 Å². The molecule has 1 atom stereocenters. The maximum Gasteiger partial charge on any atom is 0.247 e. The lowest BCUT2D eigenvalue weighted by Crippen LogP contribution is -2.37. The number of nitrogens with zero attached hydrogens (tertiary/aromatic N) is 3. The lowest BCUT2D eigenvalue weighted by atomic mass is 9.95. The van der Waals surface area contributed by atoms with Gasteiger partial charge in [0.25, 0.3) is 0 Å². The normalized spacial score (nSPS) is 15.0. The number of nitrogens with one attached hydrogen (secondary N) is 2.